The number of hydrogen-bond donors (Lipinski definition) is 2. The van der Waals surface area contributed by atoms with E-state index < -0.39 is 17.8 Å². The van der Waals surface area contributed by atoms with Crippen LogP contribution in [0, 0.1) is 0 Å². The summed E-state index contributed by atoms with van der Waals surface area (Å²) in [5.41, 5.74) is 0.339. The molecule has 0 aliphatic rings. The fourth-order valence-electron chi connectivity index (χ4n) is 1.68. The highest BCUT2D eigenvalue weighted by molar-refractivity contribution is 6.43. The van der Waals surface area contributed by atoms with Crippen molar-refractivity contribution in [2.45, 2.75) is 6.92 Å². The van der Waals surface area contributed by atoms with Gasteiger partial charge in [0.15, 0.2) is 0 Å². The molecule has 0 aliphatic heterocycles. The molecule has 0 radical (unpaired) electrons. The molecule has 1 aromatic carbocycles. The van der Waals surface area contributed by atoms with Gasteiger partial charge in [0.25, 0.3) is 0 Å². The maximum absolute atomic E-state index is 11.9. The summed E-state index contributed by atoms with van der Waals surface area (Å²) < 4.78 is 4.90. The standard InChI is InChI=1S/C15H14N4O4/c1-2-23-14(22)10-6-3-4-7-11(10)18-12(20)13(21)19-15-16-8-5-9-17-15/h3-9H,2H2,1H3,(H,18,20)(H,16,17,19,21). The highest BCUT2D eigenvalue weighted by Crippen LogP contribution is 2.16. The van der Waals surface area contributed by atoms with Crippen molar-refractivity contribution in [1.82, 2.24) is 9.97 Å². The Morgan fingerprint density at radius 2 is 1.65 bits per heavy atom. The number of nitrogens with one attached hydrogen (secondary N) is 2. The minimum Gasteiger partial charge on any atom is -0.462 e. The first-order valence-electron chi connectivity index (χ1n) is 6.77. The number of para-hydroxylation sites is 1. The summed E-state index contributed by atoms with van der Waals surface area (Å²) in [6, 6.07) is 7.81. The molecule has 0 saturated carbocycles. The molecule has 0 fully saturated rings. The summed E-state index contributed by atoms with van der Waals surface area (Å²) >= 11 is 0. The number of carbonyl (C=O) groups excluding carboxylic acids is 3. The Labute approximate surface area is 131 Å². The number of rotatable bonds is 4. The number of hydrogen-bond acceptors (Lipinski definition) is 6. The van der Waals surface area contributed by atoms with Gasteiger partial charge < -0.3 is 10.1 Å². The highest BCUT2D eigenvalue weighted by atomic mass is 16.5. The lowest BCUT2D eigenvalue weighted by molar-refractivity contribution is -0.133. The van der Waals surface area contributed by atoms with Crippen LogP contribution in [0.4, 0.5) is 11.6 Å². The third-order valence-corrected chi connectivity index (χ3v) is 2.67. The van der Waals surface area contributed by atoms with Crippen LogP contribution >= 0.6 is 0 Å². The summed E-state index contributed by atoms with van der Waals surface area (Å²) in [6.45, 7) is 1.87. The van der Waals surface area contributed by atoms with Gasteiger partial charge in [-0.15, -0.1) is 0 Å². The fraction of sp³-hybridized carbons (Fsp3) is 0.133. The van der Waals surface area contributed by atoms with Crippen LogP contribution in [0.15, 0.2) is 42.7 Å². The largest absolute Gasteiger partial charge is 0.462 e. The third kappa shape index (κ3) is 4.34. The van der Waals surface area contributed by atoms with E-state index in [0.29, 0.717) is 0 Å². The number of anilines is 2. The smallest absolute Gasteiger partial charge is 0.340 e. The number of esters is 1. The fourth-order valence-corrected chi connectivity index (χ4v) is 1.68. The minimum absolute atomic E-state index is 0.00586. The van der Waals surface area contributed by atoms with Crippen molar-refractivity contribution < 1.29 is 19.1 Å². The number of carbonyl (C=O) groups is 3. The van der Waals surface area contributed by atoms with Crippen LogP contribution in [0.2, 0.25) is 0 Å². The van der Waals surface area contributed by atoms with Crippen molar-refractivity contribution in [3.05, 3.63) is 48.3 Å². The summed E-state index contributed by atoms with van der Waals surface area (Å²) in [7, 11) is 0. The SMILES string of the molecule is CCOC(=O)c1ccccc1NC(=O)C(=O)Nc1ncccn1. The summed E-state index contributed by atoms with van der Waals surface area (Å²) in [6.07, 6.45) is 2.85. The Balaban J connectivity index is 2.08. The molecule has 0 unspecified atom stereocenters. The van der Waals surface area contributed by atoms with Crippen molar-refractivity contribution in [2.24, 2.45) is 0 Å². The van der Waals surface area contributed by atoms with E-state index in [1.165, 1.54) is 24.5 Å². The zero-order valence-electron chi connectivity index (χ0n) is 12.3. The highest BCUT2D eigenvalue weighted by Gasteiger charge is 2.19. The number of benzene rings is 1. The van der Waals surface area contributed by atoms with Gasteiger partial charge in [0.05, 0.1) is 17.9 Å². The Morgan fingerprint density at radius 3 is 2.35 bits per heavy atom. The first-order valence-corrected chi connectivity index (χ1v) is 6.77. The van der Waals surface area contributed by atoms with E-state index in [4.69, 9.17) is 4.74 Å². The Kier molecular flexibility index (Phi) is 5.35. The van der Waals surface area contributed by atoms with Crippen LogP contribution in [-0.4, -0.2) is 34.4 Å². The van der Waals surface area contributed by atoms with Crippen molar-refractivity contribution in [3.8, 4) is 0 Å². The second-order valence-corrected chi connectivity index (χ2v) is 4.25. The van der Waals surface area contributed by atoms with Crippen molar-refractivity contribution >= 4 is 29.4 Å². The van der Waals surface area contributed by atoms with Gasteiger partial charge in [0, 0.05) is 12.4 Å². The molecule has 0 spiro atoms. The zero-order valence-corrected chi connectivity index (χ0v) is 12.3. The lowest BCUT2D eigenvalue weighted by Crippen LogP contribution is -2.30. The molecule has 1 heterocycles. The van der Waals surface area contributed by atoms with Crippen LogP contribution in [0.3, 0.4) is 0 Å². The number of aromatic nitrogens is 2. The van der Waals surface area contributed by atoms with Gasteiger partial charge in [-0.05, 0) is 25.1 Å². The Morgan fingerprint density at radius 1 is 1.00 bits per heavy atom. The quantitative estimate of drug-likeness (QED) is 0.649. The molecule has 0 bridgehead atoms. The van der Waals surface area contributed by atoms with E-state index in [1.54, 1.807) is 25.1 Å². The maximum Gasteiger partial charge on any atom is 0.340 e. The Hall–Kier alpha value is -3.29. The molecular formula is C15H14N4O4. The summed E-state index contributed by atoms with van der Waals surface area (Å²) in [5.74, 6) is -2.48. The van der Waals surface area contributed by atoms with E-state index in [0.717, 1.165) is 0 Å². The van der Waals surface area contributed by atoms with Crippen molar-refractivity contribution in [2.75, 3.05) is 17.2 Å². The Bertz CT molecular complexity index is 718. The van der Waals surface area contributed by atoms with E-state index in [9.17, 15) is 14.4 Å². The monoisotopic (exact) mass is 314 g/mol. The van der Waals surface area contributed by atoms with Gasteiger partial charge in [-0.25, -0.2) is 14.8 Å². The summed E-state index contributed by atoms with van der Waals surface area (Å²) in [4.78, 5) is 43.1. The lowest BCUT2D eigenvalue weighted by atomic mass is 10.2. The zero-order chi connectivity index (χ0) is 16.7. The topological polar surface area (TPSA) is 110 Å². The average Bonchev–Trinajstić information content (AvgIpc) is 2.56. The first-order chi connectivity index (χ1) is 11.1. The van der Waals surface area contributed by atoms with Crippen LogP contribution in [0.5, 0.6) is 0 Å². The van der Waals surface area contributed by atoms with E-state index in [-0.39, 0.29) is 23.8 Å². The molecule has 1 aromatic heterocycles. The second kappa shape index (κ2) is 7.64. The molecule has 8 nitrogen and oxygen atoms in total. The van der Waals surface area contributed by atoms with Gasteiger partial charge in [-0.2, -0.15) is 0 Å². The van der Waals surface area contributed by atoms with E-state index >= 15 is 0 Å². The molecule has 2 N–H and O–H groups in total. The van der Waals surface area contributed by atoms with Crippen molar-refractivity contribution in [3.63, 3.8) is 0 Å². The maximum atomic E-state index is 11.9. The molecule has 0 saturated heterocycles. The molecule has 2 amide bonds. The molecule has 118 valence electrons. The summed E-state index contributed by atoms with van der Waals surface area (Å²) in [5, 5.41) is 4.61. The number of amides is 2. The molecule has 23 heavy (non-hydrogen) atoms. The molecule has 0 atom stereocenters. The van der Waals surface area contributed by atoms with E-state index in [2.05, 4.69) is 20.6 Å². The van der Waals surface area contributed by atoms with Gasteiger partial charge in [0.1, 0.15) is 0 Å². The number of nitrogens with zero attached hydrogens (tertiary/aromatic N) is 2. The first kappa shape index (κ1) is 16.1. The van der Waals surface area contributed by atoms with Crippen molar-refractivity contribution in [1.29, 1.82) is 0 Å². The third-order valence-electron chi connectivity index (χ3n) is 2.67. The van der Waals surface area contributed by atoms with Gasteiger partial charge in [0.2, 0.25) is 5.95 Å². The van der Waals surface area contributed by atoms with Crippen LogP contribution in [-0.2, 0) is 14.3 Å². The molecule has 2 rings (SSSR count). The molecular weight excluding hydrogens is 300 g/mol. The van der Waals surface area contributed by atoms with Crippen LogP contribution in [0.1, 0.15) is 17.3 Å². The lowest BCUT2D eigenvalue weighted by Gasteiger charge is -2.10. The van der Waals surface area contributed by atoms with Gasteiger partial charge in [-0.1, -0.05) is 12.1 Å². The average molecular weight is 314 g/mol. The second-order valence-electron chi connectivity index (χ2n) is 4.25. The van der Waals surface area contributed by atoms with Gasteiger partial charge in [-0.3, -0.25) is 14.9 Å². The van der Waals surface area contributed by atoms with E-state index in [1.807, 2.05) is 0 Å². The normalized spacial score (nSPS) is 9.78. The van der Waals surface area contributed by atoms with Crippen LogP contribution < -0.4 is 10.6 Å². The van der Waals surface area contributed by atoms with Crippen LogP contribution in [0.25, 0.3) is 0 Å². The molecule has 0 aliphatic carbocycles. The predicted octanol–water partition coefficient (Wildman–Crippen LogP) is 1.23. The molecule has 8 heteroatoms. The minimum atomic E-state index is -0.950. The molecule has 2 aromatic rings. The predicted molar refractivity (Wildman–Crippen MR) is 81.7 cm³/mol. The number of ether oxygens (including phenoxy) is 1. The van der Waals surface area contributed by atoms with Gasteiger partial charge >= 0.3 is 17.8 Å².